The fraction of sp³-hybridized carbons (Fsp3) is 0.0769. The summed E-state index contributed by atoms with van der Waals surface area (Å²) in [7, 11) is 0. The molecule has 1 heterocycles. The highest BCUT2D eigenvalue weighted by atomic mass is 16.6. The first-order chi connectivity index (χ1) is 9.20. The van der Waals surface area contributed by atoms with Crippen molar-refractivity contribution in [3.05, 3.63) is 65.1 Å². The number of nitro benzene ring substituents is 1. The average molecular weight is 256 g/mol. The molecule has 0 amide bonds. The summed E-state index contributed by atoms with van der Waals surface area (Å²) in [6.45, 7) is 3.62. The van der Waals surface area contributed by atoms with E-state index in [1.54, 1.807) is 36.5 Å². The Morgan fingerprint density at radius 1 is 1.37 bits per heavy atom. The summed E-state index contributed by atoms with van der Waals surface area (Å²) in [5.41, 5.74) is 0.405. The van der Waals surface area contributed by atoms with Gasteiger partial charge in [-0.05, 0) is 12.1 Å². The Morgan fingerprint density at radius 3 is 2.89 bits per heavy atom. The molecular weight excluding hydrogens is 244 g/mol. The monoisotopic (exact) mass is 256 g/mol. The number of hydrogen-bond donors (Lipinski definition) is 1. The van der Waals surface area contributed by atoms with Gasteiger partial charge in [0.15, 0.2) is 0 Å². The standard InChI is InChI=1S/C13H12N4O2/c1-2-5-12-14-9-8-13(16-12)15-10-6-3-4-7-11(10)17(18)19/h2-4,6-9H,1,5H2,(H,14,15,16). The Bertz CT molecular complexity index is 613. The van der Waals surface area contributed by atoms with Gasteiger partial charge in [-0.15, -0.1) is 6.58 Å². The van der Waals surface area contributed by atoms with Gasteiger partial charge >= 0.3 is 0 Å². The molecule has 0 aliphatic rings. The molecule has 0 spiro atoms. The lowest BCUT2D eigenvalue weighted by Crippen LogP contribution is -2.01. The minimum absolute atomic E-state index is 0.00591. The van der Waals surface area contributed by atoms with Gasteiger partial charge in [-0.3, -0.25) is 10.1 Å². The quantitative estimate of drug-likeness (QED) is 0.505. The number of nitrogens with one attached hydrogen (secondary N) is 1. The second-order valence-electron chi connectivity index (χ2n) is 3.75. The number of aromatic nitrogens is 2. The minimum atomic E-state index is -0.436. The van der Waals surface area contributed by atoms with Gasteiger partial charge in [0, 0.05) is 18.7 Å². The van der Waals surface area contributed by atoms with Crippen molar-refractivity contribution in [1.82, 2.24) is 9.97 Å². The number of benzene rings is 1. The summed E-state index contributed by atoms with van der Waals surface area (Å²) >= 11 is 0. The molecule has 0 fully saturated rings. The topological polar surface area (TPSA) is 81.0 Å². The fourth-order valence-corrected chi connectivity index (χ4v) is 1.57. The van der Waals surface area contributed by atoms with E-state index in [9.17, 15) is 10.1 Å². The highest BCUT2D eigenvalue weighted by molar-refractivity contribution is 5.67. The zero-order valence-corrected chi connectivity index (χ0v) is 10.1. The maximum Gasteiger partial charge on any atom is 0.292 e. The van der Waals surface area contributed by atoms with Crippen LogP contribution in [0.15, 0.2) is 49.2 Å². The summed E-state index contributed by atoms with van der Waals surface area (Å²) in [4.78, 5) is 18.8. The summed E-state index contributed by atoms with van der Waals surface area (Å²) < 4.78 is 0. The number of allylic oxidation sites excluding steroid dienone is 1. The van der Waals surface area contributed by atoms with Crippen LogP contribution in [0.4, 0.5) is 17.2 Å². The van der Waals surface area contributed by atoms with Gasteiger partial charge in [-0.1, -0.05) is 18.2 Å². The fourth-order valence-electron chi connectivity index (χ4n) is 1.57. The maximum absolute atomic E-state index is 10.9. The van der Waals surface area contributed by atoms with Crippen LogP contribution in [-0.4, -0.2) is 14.9 Å². The van der Waals surface area contributed by atoms with Gasteiger partial charge in [-0.25, -0.2) is 9.97 Å². The Kier molecular flexibility index (Phi) is 3.82. The van der Waals surface area contributed by atoms with Gasteiger partial charge < -0.3 is 5.32 Å². The molecule has 96 valence electrons. The van der Waals surface area contributed by atoms with E-state index < -0.39 is 4.92 Å². The molecule has 1 N–H and O–H groups in total. The first kappa shape index (κ1) is 12.7. The average Bonchev–Trinajstić information content (AvgIpc) is 2.40. The molecule has 2 rings (SSSR count). The molecule has 0 bridgehead atoms. The lowest BCUT2D eigenvalue weighted by Gasteiger charge is -2.06. The molecular formula is C13H12N4O2. The van der Waals surface area contributed by atoms with Gasteiger partial charge in [0.05, 0.1) is 4.92 Å². The van der Waals surface area contributed by atoms with E-state index in [4.69, 9.17) is 0 Å². The van der Waals surface area contributed by atoms with Crippen molar-refractivity contribution < 1.29 is 4.92 Å². The highest BCUT2D eigenvalue weighted by Crippen LogP contribution is 2.25. The van der Waals surface area contributed by atoms with Crippen molar-refractivity contribution in [2.75, 3.05) is 5.32 Å². The van der Waals surface area contributed by atoms with E-state index in [2.05, 4.69) is 21.9 Å². The molecule has 0 aliphatic carbocycles. The lowest BCUT2D eigenvalue weighted by atomic mass is 10.2. The van der Waals surface area contributed by atoms with Crippen molar-refractivity contribution in [2.24, 2.45) is 0 Å². The zero-order valence-electron chi connectivity index (χ0n) is 10.1. The predicted octanol–water partition coefficient (Wildman–Crippen LogP) is 2.86. The number of hydrogen-bond acceptors (Lipinski definition) is 5. The van der Waals surface area contributed by atoms with Crippen LogP contribution < -0.4 is 5.32 Å². The molecule has 19 heavy (non-hydrogen) atoms. The molecule has 0 saturated carbocycles. The summed E-state index contributed by atoms with van der Waals surface area (Å²) in [5.74, 6) is 1.12. The van der Waals surface area contributed by atoms with Crippen LogP contribution in [0.5, 0.6) is 0 Å². The van der Waals surface area contributed by atoms with Gasteiger partial charge in [0.25, 0.3) is 5.69 Å². The van der Waals surface area contributed by atoms with E-state index in [0.29, 0.717) is 23.8 Å². The molecule has 2 aromatic rings. The Morgan fingerprint density at radius 2 is 2.16 bits per heavy atom. The number of nitrogens with zero attached hydrogens (tertiary/aromatic N) is 3. The molecule has 0 radical (unpaired) electrons. The van der Waals surface area contributed by atoms with Crippen molar-refractivity contribution in [2.45, 2.75) is 6.42 Å². The number of nitro groups is 1. The van der Waals surface area contributed by atoms with E-state index in [-0.39, 0.29) is 5.69 Å². The Balaban J connectivity index is 2.28. The van der Waals surface area contributed by atoms with E-state index in [1.165, 1.54) is 6.07 Å². The molecule has 0 unspecified atom stereocenters. The first-order valence-corrected chi connectivity index (χ1v) is 5.64. The smallest absolute Gasteiger partial charge is 0.292 e. The molecule has 1 aromatic carbocycles. The number of rotatable bonds is 5. The predicted molar refractivity (Wildman–Crippen MR) is 72.3 cm³/mol. The van der Waals surface area contributed by atoms with Crippen molar-refractivity contribution in [3.63, 3.8) is 0 Å². The van der Waals surface area contributed by atoms with Gasteiger partial charge in [-0.2, -0.15) is 0 Å². The van der Waals surface area contributed by atoms with E-state index in [0.717, 1.165) is 0 Å². The van der Waals surface area contributed by atoms with Gasteiger partial charge in [0.1, 0.15) is 17.3 Å². The molecule has 6 heteroatoms. The SMILES string of the molecule is C=CCc1nccc(Nc2ccccc2[N+](=O)[O-])n1. The first-order valence-electron chi connectivity index (χ1n) is 5.64. The van der Waals surface area contributed by atoms with Crippen LogP contribution in [0.3, 0.4) is 0 Å². The third kappa shape index (κ3) is 3.12. The van der Waals surface area contributed by atoms with Crippen LogP contribution in [0, 0.1) is 10.1 Å². The van der Waals surface area contributed by atoms with Crippen molar-refractivity contribution in [3.8, 4) is 0 Å². The number of para-hydroxylation sites is 2. The minimum Gasteiger partial charge on any atom is -0.335 e. The van der Waals surface area contributed by atoms with Crippen LogP contribution in [0.2, 0.25) is 0 Å². The summed E-state index contributed by atoms with van der Waals surface area (Å²) in [5, 5.41) is 13.8. The Hall–Kier alpha value is -2.76. The summed E-state index contributed by atoms with van der Waals surface area (Å²) in [6.07, 6.45) is 3.85. The van der Waals surface area contributed by atoms with Crippen LogP contribution >= 0.6 is 0 Å². The largest absolute Gasteiger partial charge is 0.335 e. The number of anilines is 2. The summed E-state index contributed by atoms with van der Waals surface area (Å²) in [6, 6.07) is 8.07. The molecule has 0 saturated heterocycles. The third-order valence-electron chi connectivity index (χ3n) is 2.40. The van der Waals surface area contributed by atoms with Crippen LogP contribution in [0.25, 0.3) is 0 Å². The molecule has 0 atom stereocenters. The molecule has 1 aromatic heterocycles. The van der Waals surface area contributed by atoms with Gasteiger partial charge in [0.2, 0.25) is 0 Å². The highest BCUT2D eigenvalue weighted by Gasteiger charge is 2.12. The molecule has 0 aliphatic heterocycles. The van der Waals surface area contributed by atoms with Crippen LogP contribution in [0.1, 0.15) is 5.82 Å². The second kappa shape index (κ2) is 5.72. The van der Waals surface area contributed by atoms with E-state index in [1.807, 2.05) is 0 Å². The lowest BCUT2D eigenvalue weighted by molar-refractivity contribution is -0.383. The normalized spacial score (nSPS) is 9.89. The van der Waals surface area contributed by atoms with Crippen molar-refractivity contribution >= 4 is 17.2 Å². The maximum atomic E-state index is 10.9. The Labute approximate surface area is 110 Å². The van der Waals surface area contributed by atoms with E-state index >= 15 is 0 Å². The second-order valence-corrected chi connectivity index (χ2v) is 3.75. The third-order valence-corrected chi connectivity index (χ3v) is 2.40. The zero-order chi connectivity index (χ0) is 13.7. The van der Waals surface area contributed by atoms with Crippen molar-refractivity contribution in [1.29, 1.82) is 0 Å². The molecule has 6 nitrogen and oxygen atoms in total. The van der Waals surface area contributed by atoms with Crippen LogP contribution in [-0.2, 0) is 6.42 Å².